The average Bonchev–Trinajstić information content (AvgIpc) is 3.15. The number of carbonyl (C=O) groups is 2. The molecule has 29 heavy (non-hydrogen) atoms. The Bertz CT molecular complexity index is 1010. The molecule has 3 nitrogen and oxygen atoms in total. The Hall–Kier alpha value is -1.70. The lowest BCUT2D eigenvalue weighted by atomic mass is 10.0. The summed E-state index contributed by atoms with van der Waals surface area (Å²) in [4.78, 5) is 26.1. The minimum absolute atomic E-state index is 0.123. The molecule has 1 aromatic heterocycles. The van der Waals surface area contributed by atoms with Crippen LogP contribution in [0.25, 0.3) is 0 Å². The van der Waals surface area contributed by atoms with Gasteiger partial charge in [-0.25, -0.2) is 0 Å². The van der Waals surface area contributed by atoms with Crippen molar-refractivity contribution in [2.75, 3.05) is 9.74 Å². The summed E-state index contributed by atoms with van der Waals surface area (Å²) in [6.07, 6.45) is 2.71. The van der Waals surface area contributed by atoms with Gasteiger partial charge in [0.25, 0.3) is 0 Å². The molecule has 2 aromatic carbocycles. The number of ketones is 1. The van der Waals surface area contributed by atoms with Crippen molar-refractivity contribution in [1.29, 1.82) is 0 Å². The van der Waals surface area contributed by atoms with E-state index in [-0.39, 0.29) is 11.7 Å². The smallest absolute Gasteiger partial charge is 0.234 e. The number of thiophene rings is 1. The van der Waals surface area contributed by atoms with E-state index in [2.05, 4.69) is 36.5 Å². The first-order valence-corrected chi connectivity index (χ1v) is 12.1. The van der Waals surface area contributed by atoms with Gasteiger partial charge in [0.15, 0.2) is 5.78 Å². The first kappa shape index (κ1) is 22.0. The monoisotopic (exact) mass is 537 g/mol. The van der Waals surface area contributed by atoms with E-state index in [9.17, 15) is 9.59 Å². The molecular weight excluding hydrogens is 517 g/mol. The highest BCUT2D eigenvalue weighted by Crippen LogP contribution is 2.32. The quantitative estimate of drug-likeness (QED) is 0.207. The summed E-state index contributed by atoms with van der Waals surface area (Å²) in [7, 11) is 0. The molecule has 6 heteroatoms. The maximum atomic E-state index is 13.1. The van der Waals surface area contributed by atoms with Crippen LogP contribution in [0.15, 0.2) is 54.6 Å². The molecule has 0 aliphatic rings. The van der Waals surface area contributed by atoms with Crippen molar-refractivity contribution in [3.05, 3.63) is 86.8 Å². The zero-order valence-corrected chi connectivity index (χ0v) is 19.7. The van der Waals surface area contributed by atoms with Crippen LogP contribution in [0.1, 0.15) is 38.8 Å². The molecule has 3 aromatic rings. The summed E-state index contributed by atoms with van der Waals surface area (Å²) >= 11 is 9.69. The highest BCUT2D eigenvalue weighted by atomic mass is 127. The Labute approximate surface area is 193 Å². The summed E-state index contributed by atoms with van der Waals surface area (Å²) in [5.41, 5.74) is 3.52. The zero-order chi connectivity index (χ0) is 20.8. The van der Waals surface area contributed by atoms with E-state index in [0.29, 0.717) is 25.6 Å². The third-order valence-electron chi connectivity index (χ3n) is 4.61. The SMILES string of the molecule is CCc1ccc(CCc2cc(C(=O)c3ccccc3Cl)c(NC(=O)CI)s2)cc1. The highest BCUT2D eigenvalue weighted by Gasteiger charge is 2.20. The number of halogens is 2. The number of hydrogen-bond acceptors (Lipinski definition) is 3. The van der Waals surface area contributed by atoms with Crippen LogP contribution in [0, 0.1) is 0 Å². The molecule has 0 radical (unpaired) electrons. The van der Waals surface area contributed by atoms with Crippen LogP contribution in [0.5, 0.6) is 0 Å². The van der Waals surface area contributed by atoms with Gasteiger partial charge >= 0.3 is 0 Å². The molecule has 0 spiro atoms. The van der Waals surface area contributed by atoms with E-state index in [0.717, 1.165) is 24.1 Å². The number of aryl methyl sites for hydroxylation is 3. The largest absolute Gasteiger partial charge is 0.316 e. The number of rotatable bonds is 8. The van der Waals surface area contributed by atoms with Crippen molar-refractivity contribution < 1.29 is 9.59 Å². The van der Waals surface area contributed by atoms with E-state index in [4.69, 9.17) is 11.6 Å². The lowest BCUT2D eigenvalue weighted by molar-refractivity contribution is -0.113. The lowest BCUT2D eigenvalue weighted by Gasteiger charge is -2.05. The van der Waals surface area contributed by atoms with Crippen molar-refractivity contribution in [3.63, 3.8) is 0 Å². The molecule has 1 heterocycles. The number of alkyl halides is 1. The molecule has 0 fully saturated rings. The normalized spacial score (nSPS) is 10.7. The number of amides is 1. The Morgan fingerprint density at radius 3 is 2.34 bits per heavy atom. The van der Waals surface area contributed by atoms with Gasteiger partial charge in [0.2, 0.25) is 5.91 Å². The van der Waals surface area contributed by atoms with Crippen LogP contribution >= 0.6 is 45.5 Å². The van der Waals surface area contributed by atoms with E-state index in [1.165, 1.54) is 22.5 Å². The Kier molecular flexibility index (Phi) is 7.86. The Balaban J connectivity index is 1.84. The molecule has 1 N–H and O–H groups in total. The molecule has 0 atom stereocenters. The Morgan fingerprint density at radius 2 is 1.69 bits per heavy atom. The second-order valence-corrected chi connectivity index (χ2v) is 8.92. The van der Waals surface area contributed by atoms with Gasteiger partial charge in [-0.15, -0.1) is 11.3 Å². The fourth-order valence-electron chi connectivity index (χ4n) is 2.99. The van der Waals surface area contributed by atoms with Crippen LogP contribution < -0.4 is 5.32 Å². The predicted molar refractivity (Wildman–Crippen MR) is 130 cm³/mol. The van der Waals surface area contributed by atoms with Crippen LogP contribution in [-0.4, -0.2) is 16.1 Å². The van der Waals surface area contributed by atoms with Crippen molar-refractivity contribution in [1.82, 2.24) is 0 Å². The number of nitrogens with one attached hydrogen (secondary N) is 1. The van der Waals surface area contributed by atoms with Crippen molar-refractivity contribution >= 4 is 62.2 Å². The van der Waals surface area contributed by atoms with Crippen molar-refractivity contribution in [3.8, 4) is 0 Å². The van der Waals surface area contributed by atoms with Crippen LogP contribution in [0.4, 0.5) is 5.00 Å². The van der Waals surface area contributed by atoms with Gasteiger partial charge in [-0.1, -0.05) is 77.5 Å². The van der Waals surface area contributed by atoms with Crippen LogP contribution in [-0.2, 0) is 24.1 Å². The summed E-state index contributed by atoms with van der Waals surface area (Å²) in [6, 6.07) is 17.5. The van der Waals surface area contributed by atoms with Gasteiger partial charge < -0.3 is 5.32 Å². The highest BCUT2D eigenvalue weighted by molar-refractivity contribution is 14.1. The zero-order valence-electron chi connectivity index (χ0n) is 16.0. The maximum Gasteiger partial charge on any atom is 0.234 e. The first-order valence-electron chi connectivity index (χ1n) is 9.37. The van der Waals surface area contributed by atoms with Gasteiger partial charge in [-0.2, -0.15) is 0 Å². The third kappa shape index (κ3) is 5.68. The number of anilines is 1. The molecule has 0 saturated carbocycles. The second-order valence-electron chi connectivity index (χ2n) is 6.62. The Morgan fingerprint density at radius 1 is 1.00 bits per heavy atom. The summed E-state index contributed by atoms with van der Waals surface area (Å²) < 4.78 is 0.328. The van der Waals surface area contributed by atoms with Gasteiger partial charge in [0.05, 0.1) is 15.0 Å². The molecular formula is C23H21ClINO2S. The number of carbonyl (C=O) groups excluding carboxylic acids is 2. The number of benzene rings is 2. The van der Waals surface area contributed by atoms with Gasteiger partial charge in [-0.3, -0.25) is 9.59 Å². The summed E-state index contributed by atoms with van der Waals surface area (Å²) in [5.74, 6) is -0.295. The van der Waals surface area contributed by atoms with Crippen LogP contribution in [0.2, 0.25) is 5.02 Å². The van der Waals surface area contributed by atoms with Gasteiger partial charge in [0.1, 0.15) is 5.00 Å². The van der Waals surface area contributed by atoms with Crippen molar-refractivity contribution in [2.24, 2.45) is 0 Å². The second kappa shape index (κ2) is 10.4. The maximum absolute atomic E-state index is 13.1. The summed E-state index contributed by atoms with van der Waals surface area (Å²) in [5, 5.41) is 3.87. The third-order valence-corrected chi connectivity index (χ3v) is 6.74. The fourth-order valence-corrected chi connectivity index (χ4v) is 4.47. The van der Waals surface area contributed by atoms with Crippen molar-refractivity contribution in [2.45, 2.75) is 26.2 Å². The molecule has 0 bridgehead atoms. The minimum atomic E-state index is -0.172. The standard InChI is InChI=1S/C23H21ClINO2S/c1-2-15-7-9-16(10-8-15)11-12-17-13-19(23(29-17)26-21(27)14-25)22(28)18-5-3-4-6-20(18)24/h3-10,13H,2,11-12,14H2,1H3,(H,26,27). The molecule has 3 rings (SSSR count). The van der Waals surface area contributed by atoms with Gasteiger partial charge in [0, 0.05) is 10.4 Å². The molecule has 0 saturated heterocycles. The van der Waals surface area contributed by atoms with E-state index < -0.39 is 0 Å². The molecule has 0 aliphatic heterocycles. The molecule has 0 aliphatic carbocycles. The fraction of sp³-hybridized carbons (Fsp3) is 0.217. The molecule has 1 amide bonds. The lowest BCUT2D eigenvalue weighted by Crippen LogP contribution is -2.14. The molecule has 0 unspecified atom stereocenters. The van der Waals surface area contributed by atoms with E-state index >= 15 is 0 Å². The molecule has 150 valence electrons. The summed E-state index contributed by atoms with van der Waals surface area (Å²) in [6.45, 7) is 2.14. The van der Waals surface area contributed by atoms with E-state index in [1.807, 2.05) is 28.7 Å². The topological polar surface area (TPSA) is 46.2 Å². The first-order chi connectivity index (χ1) is 14.0. The number of hydrogen-bond donors (Lipinski definition) is 1. The minimum Gasteiger partial charge on any atom is -0.316 e. The predicted octanol–water partition coefficient (Wildman–Crippen LogP) is 6.35. The van der Waals surface area contributed by atoms with E-state index in [1.54, 1.807) is 24.3 Å². The van der Waals surface area contributed by atoms with Gasteiger partial charge in [-0.05, 0) is 48.6 Å². The van der Waals surface area contributed by atoms with Crippen LogP contribution in [0.3, 0.4) is 0 Å². The average molecular weight is 538 g/mol.